The van der Waals surface area contributed by atoms with E-state index in [9.17, 15) is 0 Å². The zero-order valence-corrected chi connectivity index (χ0v) is 9.45. The van der Waals surface area contributed by atoms with Crippen molar-refractivity contribution in [3.63, 3.8) is 0 Å². The maximum atomic E-state index is 5.60. The molecule has 15 heavy (non-hydrogen) atoms. The van der Waals surface area contributed by atoms with Crippen LogP contribution in [0.1, 0.15) is 12.8 Å². The van der Waals surface area contributed by atoms with E-state index >= 15 is 0 Å². The fourth-order valence-corrected chi connectivity index (χ4v) is 2.20. The molecule has 0 aliphatic carbocycles. The normalized spacial score (nSPS) is 20.8. The molecule has 1 rings (SSSR count). The second kappa shape index (κ2) is 5.89. The maximum absolute atomic E-state index is 5.60. The van der Waals surface area contributed by atoms with Gasteiger partial charge in [0.05, 0.1) is 18.8 Å². The van der Waals surface area contributed by atoms with Crippen LogP contribution in [-0.2, 0) is 4.74 Å². The van der Waals surface area contributed by atoms with Gasteiger partial charge in [0.2, 0.25) is 0 Å². The molecule has 0 aromatic carbocycles. The number of morpholine rings is 1. The van der Waals surface area contributed by atoms with Crippen LogP contribution in [0, 0.1) is 0 Å². The Bertz CT molecular complexity index is 225. The standard InChI is InChI=1S/C13H21NO/c1-4-7-13(8-5-2)12-15-11-10-14(13)9-6-3/h4-6H,1-3,7-12H2. The van der Waals surface area contributed by atoms with E-state index in [2.05, 4.69) is 24.6 Å². The lowest BCUT2D eigenvalue weighted by molar-refractivity contribution is -0.0607. The summed E-state index contributed by atoms with van der Waals surface area (Å²) in [5.74, 6) is 0. The van der Waals surface area contributed by atoms with Crippen LogP contribution in [0.4, 0.5) is 0 Å². The van der Waals surface area contributed by atoms with Gasteiger partial charge in [0.15, 0.2) is 0 Å². The molecule has 1 aliphatic rings. The monoisotopic (exact) mass is 207 g/mol. The van der Waals surface area contributed by atoms with Crippen molar-refractivity contribution in [2.24, 2.45) is 0 Å². The van der Waals surface area contributed by atoms with Gasteiger partial charge < -0.3 is 4.74 Å². The molecule has 0 spiro atoms. The molecule has 1 aliphatic heterocycles. The van der Waals surface area contributed by atoms with Gasteiger partial charge in [-0.15, -0.1) is 19.7 Å². The highest BCUT2D eigenvalue weighted by Crippen LogP contribution is 2.28. The molecule has 0 unspecified atom stereocenters. The molecule has 0 radical (unpaired) electrons. The molecule has 0 atom stereocenters. The fraction of sp³-hybridized carbons (Fsp3) is 0.538. The van der Waals surface area contributed by atoms with Crippen molar-refractivity contribution in [3.8, 4) is 0 Å². The molecular formula is C13H21NO. The number of nitrogens with zero attached hydrogens (tertiary/aromatic N) is 1. The van der Waals surface area contributed by atoms with Gasteiger partial charge in [-0.05, 0) is 12.8 Å². The molecule has 0 aromatic rings. The largest absolute Gasteiger partial charge is 0.378 e. The Morgan fingerprint density at radius 1 is 1.13 bits per heavy atom. The summed E-state index contributed by atoms with van der Waals surface area (Å²) in [6.45, 7) is 14.9. The van der Waals surface area contributed by atoms with Crippen LogP contribution in [0.25, 0.3) is 0 Å². The van der Waals surface area contributed by atoms with Gasteiger partial charge >= 0.3 is 0 Å². The van der Waals surface area contributed by atoms with Gasteiger partial charge in [-0.1, -0.05) is 18.2 Å². The van der Waals surface area contributed by atoms with Crippen LogP contribution in [0.15, 0.2) is 38.0 Å². The molecule has 0 amide bonds. The summed E-state index contributed by atoms with van der Waals surface area (Å²) >= 11 is 0. The van der Waals surface area contributed by atoms with E-state index in [0.29, 0.717) is 0 Å². The average molecular weight is 207 g/mol. The third-order valence-electron chi connectivity index (χ3n) is 2.95. The summed E-state index contributed by atoms with van der Waals surface area (Å²) < 4.78 is 5.60. The van der Waals surface area contributed by atoms with Crippen LogP contribution in [0.5, 0.6) is 0 Å². The lowest BCUT2D eigenvalue weighted by Crippen LogP contribution is -2.56. The Labute approximate surface area is 92.9 Å². The minimum absolute atomic E-state index is 0.0515. The van der Waals surface area contributed by atoms with Crippen molar-refractivity contribution < 1.29 is 4.74 Å². The smallest absolute Gasteiger partial charge is 0.0657 e. The van der Waals surface area contributed by atoms with Gasteiger partial charge in [0.1, 0.15) is 0 Å². The number of rotatable bonds is 6. The van der Waals surface area contributed by atoms with E-state index in [4.69, 9.17) is 4.74 Å². The highest BCUT2D eigenvalue weighted by atomic mass is 16.5. The molecule has 0 N–H and O–H groups in total. The highest BCUT2D eigenvalue weighted by Gasteiger charge is 2.36. The van der Waals surface area contributed by atoms with E-state index in [1.165, 1.54) is 0 Å². The van der Waals surface area contributed by atoms with Crippen molar-refractivity contribution in [2.45, 2.75) is 18.4 Å². The van der Waals surface area contributed by atoms with Crippen molar-refractivity contribution >= 4 is 0 Å². The van der Waals surface area contributed by atoms with Crippen LogP contribution in [0.3, 0.4) is 0 Å². The second-order valence-electron chi connectivity index (χ2n) is 4.00. The van der Waals surface area contributed by atoms with E-state index in [0.717, 1.165) is 39.1 Å². The van der Waals surface area contributed by atoms with Crippen LogP contribution < -0.4 is 0 Å². The average Bonchev–Trinajstić information content (AvgIpc) is 2.23. The molecule has 0 aromatic heterocycles. The number of ether oxygens (including phenoxy) is 1. The van der Waals surface area contributed by atoms with Gasteiger partial charge in [0.25, 0.3) is 0 Å². The molecule has 2 heteroatoms. The van der Waals surface area contributed by atoms with Gasteiger partial charge in [-0.25, -0.2) is 0 Å². The fourth-order valence-electron chi connectivity index (χ4n) is 2.20. The summed E-state index contributed by atoms with van der Waals surface area (Å²) in [7, 11) is 0. The first-order valence-electron chi connectivity index (χ1n) is 5.44. The predicted molar refractivity (Wildman–Crippen MR) is 64.9 cm³/mol. The molecule has 0 bridgehead atoms. The molecule has 2 nitrogen and oxygen atoms in total. The van der Waals surface area contributed by atoms with E-state index in [1.807, 2.05) is 18.2 Å². The SMILES string of the molecule is C=CCN1CCOCC1(CC=C)CC=C. The second-order valence-corrected chi connectivity index (χ2v) is 4.00. The van der Waals surface area contributed by atoms with Gasteiger partial charge in [0, 0.05) is 13.1 Å². The molecule has 1 saturated heterocycles. The van der Waals surface area contributed by atoms with Gasteiger partial charge in [-0.2, -0.15) is 0 Å². The first kappa shape index (κ1) is 12.2. The van der Waals surface area contributed by atoms with Crippen molar-refractivity contribution in [3.05, 3.63) is 38.0 Å². The van der Waals surface area contributed by atoms with E-state index < -0.39 is 0 Å². The van der Waals surface area contributed by atoms with Crippen LogP contribution >= 0.6 is 0 Å². The van der Waals surface area contributed by atoms with Crippen molar-refractivity contribution in [1.82, 2.24) is 4.90 Å². The Balaban J connectivity index is 2.81. The van der Waals surface area contributed by atoms with E-state index in [1.54, 1.807) is 0 Å². The van der Waals surface area contributed by atoms with Gasteiger partial charge in [-0.3, -0.25) is 4.90 Å². The topological polar surface area (TPSA) is 12.5 Å². The molecular weight excluding hydrogens is 186 g/mol. The Hall–Kier alpha value is -0.860. The summed E-state index contributed by atoms with van der Waals surface area (Å²) in [4.78, 5) is 2.42. The van der Waals surface area contributed by atoms with Crippen LogP contribution in [-0.4, -0.2) is 36.7 Å². The first-order valence-corrected chi connectivity index (χ1v) is 5.44. The number of hydrogen-bond donors (Lipinski definition) is 0. The van der Waals surface area contributed by atoms with Crippen LogP contribution in [0.2, 0.25) is 0 Å². The minimum atomic E-state index is 0.0515. The van der Waals surface area contributed by atoms with Crippen molar-refractivity contribution in [2.75, 3.05) is 26.3 Å². The Kier molecular flexibility index (Phi) is 4.79. The third-order valence-corrected chi connectivity index (χ3v) is 2.95. The summed E-state index contributed by atoms with van der Waals surface area (Å²) in [5, 5.41) is 0. The Morgan fingerprint density at radius 2 is 1.80 bits per heavy atom. The maximum Gasteiger partial charge on any atom is 0.0657 e. The molecule has 1 fully saturated rings. The summed E-state index contributed by atoms with van der Waals surface area (Å²) in [6, 6.07) is 0. The Morgan fingerprint density at radius 3 is 2.33 bits per heavy atom. The molecule has 84 valence electrons. The lowest BCUT2D eigenvalue weighted by atomic mass is 9.88. The zero-order valence-electron chi connectivity index (χ0n) is 9.45. The summed E-state index contributed by atoms with van der Waals surface area (Å²) in [6.07, 6.45) is 7.76. The lowest BCUT2D eigenvalue weighted by Gasteiger charge is -2.46. The minimum Gasteiger partial charge on any atom is -0.378 e. The first-order chi connectivity index (χ1) is 7.29. The molecule has 1 heterocycles. The quantitative estimate of drug-likeness (QED) is 0.620. The summed E-state index contributed by atoms with van der Waals surface area (Å²) in [5.41, 5.74) is 0.0515. The zero-order chi connectivity index (χ0) is 11.1. The third kappa shape index (κ3) is 2.80. The molecule has 0 saturated carbocycles. The number of hydrogen-bond acceptors (Lipinski definition) is 2. The highest BCUT2D eigenvalue weighted by molar-refractivity contribution is 5.02. The van der Waals surface area contributed by atoms with Crippen molar-refractivity contribution in [1.29, 1.82) is 0 Å². The predicted octanol–water partition coefficient (Wildman–Crippen LogP) is 2.40. The van der Waals surface area contributed by atoms with E-state index in [-0.39, 0.29) is 5.54 Å².